The van der Waals surface area contributed by atoms with Gasteiger partial charge >= 0.3 is 6.09 Å². The summed E-state index contributed by atoms with van der Waals surface area (Å²) >= 11 is 0. The average molecular weight is 229 g/mol. The molecule has 5 nitrogen and oxygen atoms in total. The Balaban J connectivity index is 3.07. The number of cyclic esters (lactones) is 1. The van der Waals surface area contributed by atoms with Crippen molar-refractivity contribution in [3.63, 3.8) is 0 Å². The molecule has 0 radical (unpaired) electrons. The number of allylic oxidation sites excluding steroid dienone is 1. The van der Waals surface area contributed by atoms with Gasteiger partial charge in [-0.2, -0.15) is 0 Å². The van der Waals surface area contributed by atoms with E-state index in [-0.39, 0.29) is 24.4 Å². The van der Waals surface area contributed by atoms with Gasteiger partial charge in [0, 0.05) is 7.05 Å². The van der Waals surface area contributed by atoms with Crippen molar-refractivity contribution in [2.45, 2.75) is 19.9 Å². The van der Waals surface area contributed by atoms with Crippen molar-refractivity contribution in [1.82, 2.24) is 10.2 Å². The Bertz CT molecular complexity index is 328. The van der Waals surface area contributed by atoms with Gasteiger partial charge in [-0.1, -0.05) is 13.8 Å². The van der Waals surface area contributed by atoms with E-state index >= 15 is 0 Å². The smallest absolute Gasteiger partial charge is 0.415 e. The van der Waals surface area contributed by atoms with Crippen LogP contribution in [0.15, 0.2) is 11.6 Å². The van der Waals surface area contributed by atoms with Crippen molar-refractivity contribution < 1.29 is 13.9 Å². The lowest BCUT2D eigenvalue weighted by Crippen LogP contribution is -2.41. The van der Waals surface area contributed by atoms with Gasteiger partial charge in [-0.3, -0.25) is 4.90 Å². The van der Waals surface area contributed by atoms with E-state index in [4.69, 9.17) is 10.1 Å². The van der Waals surface area contributed by atoms with Gasteiger partial charge in [0.2, 0.25) is 0 Å². The molecular formula is C10H16FN3O2. The number of hydrogen-bond donors (Lipinski definition) is 2. The van der Waals surface area contributed by atoms with E-state index in [9.17, 15) is 9.18 Å². The van der Waals surface area contributed by atoms with E-state index in [2.05, 4.69) is 5.32 Å². The average Bonchev–Trinajstić information content (AvgIpc) is 2.62. The second-order valence-electron chi connectivity index (χ2n) is 3.85. The maximum absolute atomic E-state index is 13.4. The van der Waals surface area contributed by atoms with Crippen LogP contribution in [0.1, 0.15) is 13.8 Å². The van der Waals surface area contributed by atoms with Crippen LogP contribution in [0.5, 0.6) is 0 Å². The maximum Gasteiger partial charge on any atom is 0.415 e. The Labute approximate surface area is 93.8 Å². The van der Waals surface area contributed by atoms with Crippen LogP contribution >= 0.6 is 0 Å². The molecule has 0 bridgehead atoms. The van der Waals surface area contributed by atoms with Gasteiger partial charge in [0.05, 0.1) is 12.3 Å². The van der Waals surface area contributed by atoms with Gasteiger partial charge in [0.15, 0.2) is 5.83 Å². The maximum atomic E-state index is 13.4. The van der Waals surface area contributed by atoms with Crippen molar-refractivity contribution in [3.05, 3.63) is 11.6 Å². The molecule has 1 heterocycles. The van der Waals surface area contributed by atoms with Crippen molar-refractivity contribution in [2.24, 2.45) is 5.92 Å². The highest BCUT2D eigenvalue weighted by Crippen LogP contribution is 2.24. The van der Waals surface area contributed by atoms with Crippen LogP contribution in [0.25, 0.3) is 0 Å². The highest BCUT2D eigenvalue weighted by molar-refractivity contribution is 5.78. The SMILES string of the molecule is CN/C(=C(/F)C=N)N1C(=O)OC[C@@H]1C(C)C. The summed E-state index contributed by atoms with van der Waals surface area (Å²) in [6, 6.07) is -0.208. The number of carbonyl (C=O) groups excluding carboxylic acids is 1. The molecule has 1 fully saturated rings. The molecule has 0 saturated carbocycles. The molecule has 1 saturated heterocycles. The summed E-state index contributed by atoms with van der Waals surface area (Å²) < 4.78 is 18.3. The fourth-order valence-corrected chi connectivity index (χ4v) is 1.61. The van der Waals surface area contributed by atoms with E-state index in [1.165, 1.54) is 11.9 Å². The third-order valence-electron chi connectivity index (χ3n) is 2.51. The highest BCUT2D eigenvalue weighted by atomic mass is 19.1. The first kappa shape index (κ1) is 12.5. The van der Waals surface area contributed by atoms with E-state index in [1.54, 1.807) is 0 Å². The normalized spacial score (nSPS) is 21.9. The van der Waals surface area contributed by atoms with Crippen molar-refractivity contribution in [2.75, 3.05) is 13.7 Å². The molecule has 16 heavy (non-hydrogen) atoms. The third kappa shape index (κ3) is 2.15. The predicted molar refractivity (Wildman–Crippen MR) is 57.8 cm³/mol. The van der Waals surface area contributed by atoms with E-state index in [1.807, 2.05) is 13.8 Å². The van der Waals surface area contributed by atoms with E-state index in [0.717, 1.165) is 0 Å². The summed E-state index contributed by atoms with van der Waals surface area (Å²) in [5.74, 6) is -0.656. The summed E-state index contributed by atoms with van der Waals surface area (Å²) in [4.78, 5) is 12.7. The van der Waals surface area contributed by atoms with Crippen LogP contribution < -0.4 is 5.32 Å². The van der Waals surface area contributed by atoms with Crippen LogP contribution in [0.4, 0.5) is 9.18 Å². The molecule has 1 rings (SSSR count). The number of rotatable bonds is 4. The minimum atomic E-state index is -0.785. The molecule has 6 heteroatoms. The standard InChI is InChI=1S/C10H16FN3O2/c1-6(2)8-5-16-10(15)14(8)9(13-3)7(11)4-12/h4,6,8,12-13H,5H2,1-3H3/b9-7-,12-4?/t8-/m1/s1. The zero-order valence-corrected chi connectivity index (χ0v) is 9.58. The van der Waals surface area contributed by atoms with Crippen LogP contribution in [-0.4, -0.2) is 36.9 Å². The van der Waals surface area contributed by atoms with E-state index < -0.39 is 11.9 Å². The lowest BCUT2D eigenvalue weighted by molar-refractivity contribution is 0.162. The zero-order valence-electron chi connectivity index (χ0n) is 9.58. The molecular weight excluding hydrogens is 213 g/mol. The summed E-state index contributed by atoms with van der Waals surface area (Å²) in [5, 5.41) is 9.46. The third-order valence-corrected chi connectivity index (χ3v) is 2.51. The molecule has 0 aromatic rings. The Morgan fingerprint density at radius 2 is 2.38 bits per heavy atom. The monoisotopic (exact) mass is 229 g/mol. The second kappa shape index (κ2) is 4.96. The molecule has 0 unspecified atom stereocenters. The molecule has 0 spiro atoms. The Morgan fingerprint density at radius 1 is 1.75 bits per heavy atom. The first-order valence-corrected chi connectivity index (χ1v) is 5.06. The van der Waals surface area contributed by atoms with Crippen LogP contribution in [0, 0.1) is 11.3 Å². The lowest BCUT2D eigenvalue weighted by atomic mass is 10.0. The predicted octanol–water partition coefficient (Wildman–Crippen LogP) is 1.47. The summed E-state index contributed by atoms with van der Waals surface area (Å²) in [6.07, 6.45) is -0.0190. The first-order valence-electron chi connectivity index (χ1n) is 5.06. The minimum Gasteiger partial charge on any atom is -0.447 e. The number of nitrogens with zero attached hydrogens (tertiary/aromatic N) is 1. The van der Waals surface area contributed by atoms with E-state index in [0.29, 0.717) is 6.21 Å². The highest BCUT2D eigenvalue weighted by Gasteiger charge is 2.38. The number of carbonyl (C=O) groups is 1. The Hall–Kier alpha value is -1.59. The number of amides is 1. The number of ether oxygens (including phenoxy) is 1. The molecule has 1 atom stereocenters. The quantitative estimate of drug-likeness (QED) is 0.717. The summed E-state index contributed by atoms with van der Waals surface area (Å²) in [6.45, 7) is 4.09. The number of halogens is 1. The van der Waals surface area contributed by atoms with Gasteiger partial charge in [-0.25, -0.2) is 9.18 Å². The zero-order chi connectivity index (χ0) is 12.3. The molecule has 0 aromatic carbocycles. The topological polar surface area (TPSA) is 65.4 Å². The Kier molecular flexibility index (Phi) is 3.87. The fraction of sp³-hybridized carbons (Fsp3) is 0.600. The van der Waals surface area contributed by atoms with Gasteiger partial charge in [0.25, 0.3) is 0 Å². The first-order chi connectivity index (χ1) is 7.52. The second-order valence-corrected chi connectivity index (χ2v) is 3.85. The molecule has 1 amide bonds. The molecule has 1 aliphatic rings. The number of hydrogen-bond acceptors (Lipinski definition) is 4. The largest absolute Gasteiger partial charge is 0.447 e. The van der Waals surface area contributed by atoms with Crippen molar-refractivity contribution in [3.8, 4) is 0 Å². The van der Waals surface area contributed by atoms with Crippen LogP contribution in [0.2, 0.25) is 0 Å². The molecule has 0 aromatic heterocycles. The fourth-order valence-electron chi connectivity index (χ4n) is 1.61. The molecule has 1 aliphatic heterocycles. The molecule has 90 valence electrons. The molecule has 2 N–H and O–H groups in total. The summed E-state index contributed by atoms with van der Waals surface area (Å²) in [5.41, 5.74) is 0. The van der Waals surface area contributed by atoms with Gasteiger partial charge < -0.3 is 15.5 Å². The lowest BCUT2D eigenvalue weighted by Gasteiger charge is -2.26. The molecule has 0 aliphatic carbocycles. The Morgan fingerprint density at radius 3 is 2.81 bits per heavy atom. The number of nitrogens with one attached hydrogen (secondary N) is 2. The van der Waals surface area contributed by atoms with Gasteiger partial charge in [-0.05, 0) is 5.92 Å². The summed E-state index contributed by atoms with van der Waals surface area (Å²) in [7, 11) is 1.50. The van der Waals surface area contributed by atoms with Crippen LogP contribution in [-0.2, 0) is 4.74 Å². The van der Waals surface area contributed by atoms with Crippen LogP contribution in [0.3, 0.4) is 0 Å². The van der Waals surface area contributed by atoms with Crippen molar-refractivity contribution in [1.29, 1.82) is 5.41 Å². The van der Waals surface area contributed by atoms with Gasteiger partial charge in [0.1, 0.15) is 12.4 Å². The van der Waals surface area contributed by atoms with Crippen molar-refractivity contribution >= 4 is 12.3 Å². The van der Waals surface area contributed by atoms with Gasteiger partial charge in [-0.15, -0.1) is 0 Å². The minimum absolute atomic E-state index is 0.0174.